The second-order valence-electron chi connectivity index (χ2n) is 5.22. The Labute approximate surface area is 117 Å². The molecule has 1 aromatic heterocycles. The van der Waals surface area contributed by atoms with Crippen LogP contribution in [0, 0.1) is 11.7 Å². The third kappa shape index (κ3) is 5.31. The fourth-order valence-electron chi connectivity index (χ4n) is 1.90. The number of nitrogens with zero attached hydrogens (tertiary/aromatic N) is 2. The summed E-state index contributed by atoms with van der Waals surface area (Å²) in [5.41, 5.74) is 0. The van der Waals surface area contributed by atoms with Crippen LogP contribution in [0.1, 0.15) is 20.3 Å². The summed E-state index contributed by atoms with van der Waals surface area (Å²) in [5, 5.41) is 3.19. The summed E-state index contributed by atoms with van der Waals surface area (Å²) < 4.78 is 14.4. The van der Waals surface area contributed by atoms with Crippen molar-refractivity contribution in [2.45, 2.75) is 26.3 Å². The van der Waals surface area contributed by atoms with Gasteiger partial charge in [-0.2, -0.15) is 0 Å². The van der Waals surface area contributed by atoms with Gasteiger partial charge in [0.2, 0.25) is 0 Å². The van der Waals surface area contributed by atoms with E-state index in [0.717, 1.165) is 13.0 Å². The molecule has 5 heteroatoms. The van der Waals surface area contributed by atoms with Gasteiger partial charge in [0.1, 0.15) is 0 Å². The molecule has 1 unspecified atom stereocenters. The van der Waals surface area contributed by atoms with Crippen molar-refractivity contribution >= 4 is 21.7 Å². The van der Waals surface area contributed by atoms with E-state index >= 15 is 0 Å². The maximum Gasteiger partial charge on any atom is 0.166 e. The lowest BCUT2D eigenvalue weighted by molar-refractivity contribution is 0.355. The molecule has 1 heterocycles. The minimum atomic E-state index is -0.322. The number of nitrogens with one attached hydrogen (secondary N) is 1. The first-order chi connectivity index (χ1) is 8.38. The Morgan fingerprint density at radius 2 is 2.11 bits per heavy atom. The second-order valence-corrected chi connectivity index (χ2v) is 6.13. The molecule has 1 N–H and O–H groups in total. The van der Waals surface area contributed by atoms with E-state index in [1.807, 2.05) is 14.1 Å². The van der Waals surface area contributed by atoms with E-state index in [1.165, 1.54) is 6.07 Å². The molecule has 0 bridgehead atoms. The first kappa shape index (κ1) is 15.4. The monoisotopic (exact) mass is 317 g/mol. The van der Waals surface area contributed by atoms with Crippen molar-refractivity contribution in [3.8, 4) is 0 Å². The molecular formula is C13H21BrFN3. The molecule has 0 fully saturated rings. The highest BCUT2D eigenvalue weighted by Gasteiger charge is 2.14. The molecule has 1 aromatic rings. The lowest BCUT2D eigenvalue weighted by Crippen LogP contribution is -2.34. The number of halogens is 2. The maximum atomic E-state index is 13.7. The zero-order valence-electron chi connectivity index (χ0n) is 11.4. The van der Waals surface area contributed by atoms with Gasteiger partial charge in [0, 0.05) is 23.3 Å². The van der Waals surface area contributed by atoms with Gasteiger partial charge in [-0.3, -0.25) is 0 Å². The molecule has 0 saturated heterocycles. The van der Waals surface area contributed by atoms with Crippen LogP contribution < -0.4 is 5.32 Å². The van der Waals surface area contributed by atoms with Crippen LogP contribution in [0.2, 0.25) is 0 Å². The van der Waals surface area contributed by atoms with Crippen LogP contribution in [0.4, 0.5) is 10.2 Å². The van der Waals surface area contributed by atoms with E-state index in [-0.39, 0.29) is 11.9 Å². The second kappa shape index (κ2) is 7.04. The predicted molar refractivity (Wildman–Crippen MR) is 77.3 cm³/mol. The van der Waals surface area contributed by atoms with Crippen LogP contribution >= 0.6 is 15.9 Å². The molecule has 0 spiro atoms. The Kier molecular flexibility index (Phi) is 6.02. The zero-order valence-corrected chi connectivity index (χ0v) is 13.0. The van der Waals surface area contributed by atoms with E-state index in [9.17, 15) is 4.39 Å². The fraction of sp³-hybridized carbons (Fsp3) is 0.615. The van der Waals surface area contributed by atoms with E-state index in [4.69, 9.17) is 0 Å². The highest BCUT2D eigenvalue weighted by atomic mass is 79.9. The fourth-order valence-corrected chi connectivity index (χ4v) is 2.21. The first-order valence-corrected chi connectivity index (χ1v) is 6.90. The van der Waals surface area contributed by atoms with Crippen molar-refractivity contribution in [1.82, 2.24) is 9.88 Å². The van der Waals surface area contributed by atoms with Gasteiger partial charge < -0.3 is 10.2 Å². The van der Waals surface area contributed by atoms with Crippen molar-refractivity contribution in [2.24, 2.45) is 5.92 Å². The van der Waals surface area contributed by atoms with Crippen LogP contribution in [-0.2, 0) is 0 Å². The number of rotatable bonds is 6. The molecule has 0 amide bonds. The van der Waals surface area contributed by atoms with Crippen LogP contribution in [0.15, 0.2) is 16.7 Å². The largest absolute Gasteiger partial charge is 0.364 e. The first-order valence-electron chi connectivity index (χ1n) is 6.10. The lowest BCUT2D eigenvalue weighted by atomic mass is 10.0. The molecule has 0 radical (unpaired) electrons. The average Bonchev–Trinajstić information content (AvgIpc) is 2.20. The number of aromatic nitrogens is 1. The third-order valence-corrected chi connectivity index (χ3v) is 2.92. The molecule has 0 aliphatic heterocycles. The van der Waals surface area contributed by atoms with Crippen molar-refractivity contribution < 1.29 is 4.39 Å². The van der Waals surface area contributed by atoms with Gasteiger partial charge in [-0.1, -0.05) is 13.8 Å². The van der Waals surface area contributed by atoms with Gasteiger partial charge in [0.05, 0.1) is 0 Å². The summed E-state index contributed by atoms with van der Waals surface area (Å²) in [7, 11) is 4.03. The normalized spacial score (nSPS) is 13.1. The molecule has 1 rings (SSSR count). The summed E-state index contributed by atoms with van der Waals surface area (Å²) in [5.74, 6) is 0.559. The number of hydrogen-bond donors (Lipinski definition) is 1. The van der Waals surface area contributed by atoms with E-state index in [1.54, 1.807) is 6.20 Å². The summed E-state index contributed by atoms with van der Waals surface area (Å²) in [4.78, 5) is 6.17. The number of pyridine rings is 1. The Morgan fingerprint density at radius 3 is 2.61 bits per heavy atom. The number of hydrogen-bond acceptors (Lipinski definition) is 3. The van der Waals surface area contributed by atoms with E-state index < -0.39 is 0 Å². The van der Waals surface area contributed by atoms with Gasteiger partial charge in [0.25, 0.3) is 0 Å². The zero-order chi connectivity index (χ0) is 13.7. The maximum absolute atomic E-state index is 13.7. The van der Waals surface area contributed by atoms with Crippen molar-refractivity contribution in [1.29, 1.82) is 0 Å². The smallest absolute Gasteiger partial charge is 0.166 e. The van der Waals surface area contributed by atoms with Crippen LogP contribution in [-0.4, -0.2) is 36.6 Å². The van der Waals surface area contributed by atoms with Crippen molar-refractivity contribution in [2.75, 3.05) is 26.0 Å². The highest BCUT2D eigenvalue weighted by molar-refractivity contribution is 9.10. The van der Waals surface area contributed by atoms with Gasteiger partial charge in [-0.15, -0.1) is 0 Å². The molecule has 3 nitrogen and oxygen atoms in total. The van der Waals surface area contributed by atoms with Crippen molar-refractivity contribution in [3.63, 3.8) is 0 Å². The molecule has 0 aliphatic rings. The summed E-state index contributed by atoms with van der Waals surface area (Å²) in [6.07, 6.45) is 2.59. The molecule has 0 aliphatic carbocycles. The molecule has 0 saturated carbocycles. The van der Waals surface area contributed by atoms with Crippen LogP contribution in [0.5, 0.6) is 0 Å². The SMILES string of the molecule is CC(C)CC(CN(C)C)Nc1ncc(Br)cc1F. The average molecular weight is 318 g/mol. The predicted octanol–water partition coefficient (Wildman–Crippen LogP) is 3.37. The Balaban J connectivity index is 2.75. The Bertz CT molecular complexity index is 372. The topological polar surface area (TPSA) is 28.2 Å². The van der Waals surface area contributed by atoms with Crippen LogP contribution in [0.3, 0.4) is 0 Å². The van der Waals surface area contributed by atoms with Gasteiger partial charge in [0.15, 0.2) is 11.6 Å². The quantitative estimate of drug-likeness (QED) is 0.872. The third-order valence-electron chi connectivity index (χ3n) is 2.49. The summed E-state index contributed by atoms with van der Waals surface area (Å²) >= 11 is 3.20. The molecule has 1 atom stereocenters. The van der Waals surface area contributed by atoms with Crippen molar-refractivity contribution in [3.05, 3.63) is 22.6 Å². The van der Waals surface area contributed by atoms with Gasteiger partial charge >= 0.3 is 0 Å². The van der Waals surface area contributed by atoms with Gasteiger partial charge in [-0.05, 0) is 48.4 Å². The standard InChI is InChI=1S/C13H21BrFN3/c1-9(2)5-11(8-18(3)4)17-13-12(15)6-10(14)7-16-13/h6-7,9,11H,5,8H2,1-4H3,(H,16,17). The molecule has 18 heavy (non-hydrogen) atoms. The van der Waals surface area contributed by atoms with Crippen LogP contribution in [0.25, 0.3) is 0 Å². The number of anilines is 1. The molecule has 0 aromatic carbocycles. The highest BCUT2D eigenvalue weighted by Crippen LogP contribution is 2.18. The van der Waals surface area contributed by atoms with E-state index in [2.05, 4.69) is 45.0 Å². The van der Waals surface area contributed by atoms with Gasteiger partial charge in [-0.25, -0.2) is 9.37 Å². The van der Waals surface area contributed by atoms with E-state index in [0.29, 0.717) is 16.2 Å². The minimum absolute atomic E-state index is 0.197. The Hall–Kier alpha value is -0.680. The summed E-state index contributed by atoms with van der Waals surface area (Å²) in [6, 6.07) is 1.63. The summed E-state index contributed by atoms with van der Waals surface area (Å²) in [6.45, 7) is 5.18. The Morgan fingerprint density at radius 1 is 1.44 bits per heavy atom. The molecular weight excluding hydrogens is 297 g/mol. The molecule has 102 valence electrons. The lowest BCUT2D eigenvalue weighted by Gasteiger charge is -2.24. The number of likely N-dealkylation sites (N-methyl/N-ethyl adjacent to an activating group) is 1. The minimum Gasteiger partial charge on any atom is -0.364 e.